The van der Waals surface area contributed by atoms with Crippen LogP contribution in [0.3, 0.4) is 0 Å². The fourth-order valence-corrected chi connectivity index (χ4v) is 4.71. The molecule has 0 N–H and O–H groups in total. The van der Waals surface area contributed by atoms with E-state index in [1.54, 1.807) is 4.57 Å². The summed E-state index contributed by atoms with van der Waals surface area (Å²) in [6.07, 6.45) is 2.90. The fourth-order valence-electron chi connectivity index (χ4n) is 4.71. The molecule has 1 saturated heterocycles. The second-order valence-corrected chi connectivity index (χ2v) is 9.03. The maximum atomic E-state index is 15.3. The summed E-state index contributed by atoms with van der Waals surface area (Å²) >= 11 is 0. The lowest BCUT2D eigenvalue weighted by atomic mass is 9.93. The van der Waals surface area contributed by atoms with Crippen LogP contribution >= 0.6 is 0 Å². The van der Waals surface area contributed by atoms with Crippen molar-refractivity contribution in [3.8, 4) is 6.01 Å². The Labute approximate surface area is 197 Å². The zero-order valence-electron chi connectivity index (χ0n) is 19.0. The Morgan fingerprint density at radius 2 is 2.09 bits per heavy atom. The standard InChI is InChI=1S/C21H23F3N6O5/c1-20(12-28-10-15(30(31)32)25-19(28)35-20)11-27-5-7-29(8-6-27)26-18(23)16-17(33-2)21(24)9-13(22)3-4-14(21)34-16/h3-4,10H,5-9,11-12H2,1-2H3/b26-18-/t20?,21-/m0/s1. The number of hydrogen-bond donors (Lipinski definition) is 0. The topological polar surface area (TPSA) is 107 Å². The molecule has 1 aliphatic carbocycles. The Bertz CT molecular complexity index is 1160. The summed E-state index contributed by atoms with van der Waals surface area (Å²) < 4.78 is 61.8. The zero-order chi connectivity index (χ0) is 25.0. The van der Waals surface area contributed by atoms with E-state index in [0.717, 1.165) is 12.2 Å². The minimum Gasteiger partial charge on any atom is -0.493 e. The van der Waals surface area contributed by atoms with Gasteiger partial charge in [0, 0.05) is 44.1 Å². The summed E-state index contributed by atoms with van der Waals surface area (Å²) in [5.74, 6) is -3.20. The number of ether oxygens (including phenoxy) is 3. The normalized spacial score (nSPS) is 28.7. The smallest absolute Gasteiger partial charge is 0.415 e. The maximum absolute atomic E-state index is 15.3. The number of hydrazone groups is 1. The van der Waals surface area contributed by atoms with E-state index in [1.807, 2.05) is 6.92 Å². The second-order valence-electron chi connectivity index (χ2n) is 9.03. The Hall–Kier alpha value is -3.55. The lowest BCUT2D eigenvalue weighted by molar-refractivity contribution is -0.389. The van der Waals surface area contributed by atoms with Gasteiger partial charge >= 0.3 is 11.8 Å². The van der Waals surface area contributed by atoms with Crippen molar-refractivity contribution in [2.75, 3.05) is 39.8 Å². The number of fused-ring (bicyclic) bond motifs is 2. The molecule has 1 aromatic heterocycles. The first-order valence-corrected chi connectivity index (χ1v) is 10.9. The highest BCUT2D eigenvalue weighted by Gasteiger charge is 2.53. The molecule has 14 heteroatoms. The lowest BCUT2D eigenvalue weighted by Gasteiger charge is -2.36. The molecular formula is C21H23F3N6O5. The molecule has 35 heavy (non-hydrogen) atoms. The number of methoxy groups -OCH3 is 1. The zero-order valence-corrected chi connectivity index (χ0v) is 19.0. The third-order valence-electron chi connectivity index (χ3n) is 6.28. The molecule has 2 atom stereocenters. The Morgan fingerprint density at radius 1 is 1.34 bits per heavy atom. The summed E-state index contributed by atoms with van der Waals surface area (Å²) in [7, 11) is 1.17. The van der Waals surface area contributed by atoms with Gasteiger partial charge in [0.1, 0.15) is 17.6 Å². The largest absolute Gasteiger partial charge is 0.493 e. The van der Waals surface area contributed by atoms with E-state index in [9.17, 15) is 18.9 Å². The first-order valence-electron chi connectivity index (χ1n) is 10.9. The van der Waals surface area contributed by atoms with E-state index in [4.69, 9.17) is 14.2 Å². The number of alkyl halides is 1. The lowest BCUT2D eigenvalue weighted by Crippen LogP contribution is -2.51. The van der Waals surface area contributed by atoms with Gasteiger partial charge < -0.3 is 24.3 Å². The minimum absolute atomic E-state index is 0.208. The van der Waals surface area contributed by atoms with Crippen LogP contribution in [0.2, 0.25) is 0 Å². The molecule has 1 unspecified atom stereocenters. The monoisotopic (exact) mass is 496 g/mol. The van der Waals surface area contributed by atoms with Crippen molar-refractivity contribution in [1.82, 2.24) is 19.5 Å². The minimum atomic E-state index is -2.40. The molecule has 11 nitrogen and oxygen atoms in total. The summed E-state index contributed by atoms with van der Waals surface area (Å²) in [4.78, 5) is 16.3. The average molecular weight is 496 g/mol. The van der Waals surface area contributed by atoms with Crippen LogP contribution in [0.25, 0.3) is 0 Å². The van der Waals surface area contributed by atoms with Gasteiger partial charge in [-0.2, -0.15) is 4.39 Å². The Kier molecular flexibility index (Phi) is 5.49. The van der Waals surface area contributed by atoms with Crippen LogP contribution in [0.5, 0.6) is 6.01 Å². The second kappa shape index (κ2) is 8.29. The number of nitro groups is 1. The number of rotatable bonds is 6. The third-order valence-corrected chi connectivity index (χ3v) is 6.28. The van der Waals surface area contributed by atoms with Crippen LogP contribution < -0.4 is 4.74 Å². The molecule has 0 spiro atoms. The van der Waals surface area contributed by atoms with Gasteiger partial charge in [-0.25, -0.2) is 8.78 Å². The van der Waals surface area contributed by atoms with Crippen molar-refractivity contribution in [3.63, 3.8) is 0 Å². The molecule has 0 saturated carbocycles. The molecule has 0 aromatic carbocycles. The molecule has 1 aromatic rings. The van der Waals surface area contributed by atoms with Crippen molar-refractivity contribution in [1.29, 1.82) is 0 Å². The molecule has 0 radical (unpaired) electrons. The molecule has 4 heterocycles. The maximum Gasteiger partial charge on any atom is 0.415 e. The molecule has 3 aliphatic heterocycles. The number of allylic oxidation sites excluding steroid dienone is 4. The van der Waals surface area contributed by atoms with Crippen LogP contribution in [0.1, 0.15) is 13.3 Å². The van der Waals surface area contributed by atoms with Gasteiger partial charge in [0.15, 0.2) is 11.5 Å². The number of piperazine rings is 1. The molecular weight excluding hydrogens is 473 g/mol. The molecule has 0 bridgehead atoms. The van der Waals surface area contributed by atoms with Crippen molar-refractivity contribution in [2.24, 2.45) is 5.10 Å². The van der Waals surface area contributed by atoms with E-state index < -0.39 is 45.9 Å². The van der Waals surface area contributed by atoms with Crippen LogP contribution in [0.4, 0.5) is 19.0 Å². The van der Waals surface area contributed by atoms with E-state index in [1.165, 1.54) is 18.3 Å². The summed E-state index contributed by atoms with van der Waals surface area (Å²) in [5.41, 5.74) is -3.02. The summed E-state index contributed by atoms with van der Waals surface area (Å²) in [6.45, 7) is 4.70. The fraction of sp³-hybridized carbons (Fsp3) is 0.524. The highest BCUT2D eigenvalue weighted by atomic mass is 19.2. The van der Waals surface area contributed by atoms with Crippen molar-refractivity contribution < 1.29 is 32.3 Å². The molecule has 188 valence electrons. The molecule has 1 fully saturated rings. The van der Waals surface area contributed by atoms with Gasteiger partial charge in [-0.3, -0.25) is 14.5 Å². The van der Waals surface area contributed by atoms with Crippen molar-refractivity contribution >= 4 is 11.8 Å². The molecule has 4 aliphatic rings. The predicted molar refractivity (Wildman–Crippen MR) is 115 cm³/mol. The Morgan fingerprint density at radius 3 is 2.74 bits per heavy atom. The van der Waals surface area contributed by atoms with Crippen molar-refractivity contribution in [3.05, 3.63) is 51.6 Å². The SMILES string of the molecule is COC1=C(/C(F)=N/N2CCN(CC3(C)Cn4cc([N+](=O)[O-])nc4O3)CC2)OC2=CC=C(F)C[C@]21F. The van der Waals surface area contributed by atoms with Gasteiger partial charge in [-0.05, 0) is 24.0 Å². The van der Waals surface area contributed by atoms with Gasteiger partial charge in [0.25, 0.3) is 5.97 Å². The highest BCUT2D eigenvalue weighted by Crippen LogP contribution is 2.48. The predicted octanol–water partition coefficient (Wildman–Crippen LogP) is 2.58. The summed E-state index contributed by atoms with van der Waals surface area (Å²) in [6, 6.07) is 0.208. The van der Waals surface area contributed by atoms with Crippen molar-refractivity contribution in [2.45, 2.75) is 31.2 Å². The third kappa shape index (κ3) is 4.11. The van der Waals surface area contributed by atoms with Crippen LogP contribution in [0.15, 0.2) is 46.6 Å². The molecule has 5 rings (SSSR count). The Balaban J connectivity index is 1.20. The molecule has 0 amide bonds. The van der Waals surface area contributed by atoms with E-state index >= 15 is 4.39 Å². The number of halogens is 3. The number of nitrogens with zero attached hydrogens (tertiary/aromatic N) is 6. The van der Waals surface area contributed by atoms with Crippen LogP contribution in [0, 0.1) is 10.1 Å². The van der Waals surface area contributed by atoms with Gasteiger partial charge in [0.2, 0.25) is 11.4 Å². The van der Waals surface area contributed by atoms with Gasteiger partial charge in [-0.15, -0.1) is 5.10 Å². The van der Waals surface area contributed by atoms with E-state index in [0.29, 0.717) is 39.3 Å². The van der Waals surface area contributed by atoms with Gasteiger partial charge in [0.05, 0.1) is 13.7 Å². The first kappa shape index (κ1) is 23.2. The van der Waals surface area contributed by atoms with Crippen LogP contribution in [-0.4, -0.2) is 81.5 Å². The van der Waals surface area contributed by atoms with E-state index in [2.05, 4.69) is 15.0 Å². The quantitative estimate of drug-likeness (QED) is 0.336. The number of aromatic nitrogens is 2. The number of hydrogen-bond acceptors (Lipinski definition) is 9. The van der Waals surface area contributed by atoms with Crippen LogP contribution in [-0.2, 0) is 16.0 Å². The number of imidazole rings is 1. The van der Waals surface area contributed by atoms with E-state index in [-0.39, 0.29) is 17.6 Å². The summed E-state index contributed by atoms with van der Waals surface area (Å²) in [5, 5.41) is 16.3. The van der Waals surface area contributed by atoms with Gasteiger partial charge in [-0.1, -0.05) is 0 Å². The average Bonchev–Trinajstić information content (AvgIpc) is 3.41. The first-order chi connectivity index (χ1) is 16.6. The highest BCUT2D eigenvalue weighted by molar-refractivity contribution is 5.92.